The molecule has 0 saturated heterocycles. The van der Waals surface area contributed by atoms with Gasteiger partial charge in [0.2, 0.25) is 0 Å². The third kappa shape index (κ3) is 3.26. The maximum Gasteiger partial charge on any atom is 0.341 e. The smallest absolute Gasteiger partial charge is 0.341 e. The van der Waals surface area contributed by atoms with Gasteiger partial charge in [0.1, 0.15) is 5.56 Å². The van der Waals surface area contributed by atoms with Crippen LogP contribution >= 0.6 is 0 Å². The molecule has 5 heteroatoms. The number of hydrogen-bond acceptors (Lipinski definition) is 3. The summed E-state index contributed by atoms with van der Waals surface area (Å²) in [6, 6.07) is 11.5. The summed E-state index contributed by atoms with van der Waals surface area (Å²) in [5.41, 5.74) is 0.989. The van der Waals surface area contributed by atoms with Gasteiger partial charge in [0.15, 0.2) is 0 Å². The van der Waals surface area contributed by atoms with E-state index in [-0.39, 0.29) is 17.7 Å². The summed E-state index contributed by atoms with van der Waals surface area (Å²) in [5, 5.41) is 9.29. The van der Waals surface area contributed by atoms with Gasteiger partial charge in [0, 0.05) is 6.20 Å². The van der Waals surface area contributed by atoms with E-state index in [1.54, 1.807) is 23.8 Å². The molecule has 1 aliphatic carbocycles. The average molecular weight is 327 g/mol. The van der Waals surface area contributed by atoms with Crippen LogP contribution in [0.4, 0.5) is 0 Å². The monoisotopic (exact) mass is 327 g/mol. The van der Waals surface area contributed by atoms with Crippen LogP contribution in [0.15, 0.2) is 47.4 Å². The van der Waals surface area contributed by atoms with Crippen LogP contribution < -0.4 is 5.56 Å². The summed E-state index contributed by atoms with van der Waals surface area (Å²) >= 11 is 0. The summed E-state index contributed by atoms with van der Waals surface area (Å²) < 4.78 is 7.58. The summed E-state index contributed by atoms with van der Waals surface area (Å²) in [6.07, 6.45) is 4.28. The van der Waals surface area contributed by atoms with Crippen molar-refractivity contribution in [3.8, 4) is 0 Å². The Bertz CT molecular complexity index is 782. The van der Waals surface area contributed by atoms with E-state index in [4.69, 9.17) is 4.74 Å². The van der Waals surface area contributed by atoms with E-state index in [1.165, 1.54) is 0 Å². The number of aromatic carboxylic acids is 1. The molecule has 3 rings (SSSR count). The third-order valence-corrected chi connectivity index (χ3v) is 4.62. The fourth-order valence-corrected chi connectivity index (χ4v) is 3.36. The zero-order valence-corrected chi connectivity index (χ0v) is 13.6. The first-order chi connectivity index (χ1) is 11.6. The summed E-state index contributed by atoms with van der Waals surface area (Å²) in [4.78, 5) is 23.9. The number of ether oxygens (including phenoxy) is 1. The van der Waals surface area contributed by atoms with Crippen LogP contribution in [0.2, 0.25) is 0 Å². The number of rotatable bonds is 5. The minimum Gasteiger partial charge on any atom is -0.477 e. The van der Waals surface area contributed by atoms with Crippen LogP contribution in [-0.2, 0) is 11.3 Å². The van der Waals surface area contributed by atoms with Crippen molar-refractivity contribution in [1.82, 2.24) is 4.57 Å². The second-order valence-corrected chi connectivity index (χ2v) is 6.22. The van der Waals surface area contributed by atoms with E-state index in [2.05, 4.69) is 0 Å². The molecule has 126 valence electrons. The van der Waals surface area contributed by atoms with Crippen molar-refractivity contribution in [2.24, 2.45) is 0 Å². The quantitative estimate of drug-likeness (QED) is 0.916. The highest BCUT2D eigenvalue weighted by molar-refractivity contribution is 5.88. The zero-order valence-electron chi connectivity index (χ0n) is 13.6. The molecule has 1 aromatic carbocycles. The molecule has 1 N–H and O–H groups in total. The molecule has 0 aliphatic heterocycles. The molecule has 1 aromatic heterocycles. The van der Waals surface area contributed by atoms with Crippen LogP contribution in [0, 0.1) is 6.92 Å². The lowest BCUT2D eigenvalue weighted by atomic mass is 10.1. The minimum atomic E-state index is -1.17. The molecular weight excluding hydrogens is 306 g/mol. The number of nitrogens with zero attached hydrogens (tertiary/aromatic N) is 1. The van der Waals surface area contributed by atoms with E-state index < -0.39 is 11.5 Å². The van der Waals surface area contributed by atoms with Crippen molar-refractivity contribution >= 4 is 5.97 Å². The maximum atomic E-state index is 12.6. The van der Waals surface area contributed by atoms with Gasteiger partial charge < -0.3 is 14.4 Å². The topological polar surface area (TPSA) is 68.5 Å². The molecule has 1 heterocycles. The van der Waals surface area contributed by atoms with Gasteiger partial charge in [-0.15, -0.1) is 0 Å². The van der Waals surface area contributed by atoms with Crippen molar-refractivity contribution in [1.29, 1.82) is 0 Å². The molecule has 5 nitrogen and oxygen atoms in total. The van der Waals surface area contributed by atoms with Crippen molar-refractivity contribution in [3.05, 3.63) is 69.6 Å². The Hall–Kier alpha value is -2.40. The highest BCUT2D eigenvalue weighted by Crippen LogP contribution is 2.32. The van der Waals surface area contributed by atoms with Crippen molar-refractivity contribution in [2.75, 3.05) is 0 Å². The van der Waals surface area contributed by atoms with Gasteiger partial charge in [-0.3, -0.25) is 4.79 Å². The lowest BCUT2D eigenvalue weighted by Gasteiger charge is -2.23. The maximum absolute atomic E-state index is 12.6. The van der Waals surface area contributed by atoms with Crippen molar-refractivity contribution in [2.45, 2.75) is 44.9 Å². The number of aryl methyl sites for hydroxylation is 1. The first kappa shape index (κ1) is 16.5. The minimum absolute atomic E-state index is 0.0766. The fraction of sp³-hybridized carbons (Fsp3) is 0.368. The Kier molecular flexibility index (Phi) is 4.81. The zero-order chi connectivity index (χ0) is 17.1. The van der Waals surface area contributed by atoms with E-state index in [0.717, 1.165) is 24.8 Å². The fourth-order valence-electron chi connectivity index (χ4n) is 3.36. The predicted octanol–water partition coefficient (Wildman–Crippen LogP) is 3.17. The van der Waals surface area contributed by atoms with Crippen LogP contribution in [0.3, 0.4) is 0 Å². The van der Waals surface area contributed by atoms with E-state index in [9.17, 15) is 14.7 Å². The van der Waals surface area contributed by atoms with Crippen LogP contribution in [0.25, 0.3) is 0 Å². The molecule has 24 heavy (non-hydrogen) atoms. The second kappa shape index (κ2) is 7.01. The Balaban J connectivity index is 1.82. The number of pyridine rings is 1. The molecule has 1 aliphatic rings. The second-order valence-electron chi connectivity index (χ2n) is 6.22. The number of benzene rings is 1. The molecule has 0 radical (unpaired) electrons. The third-order valence-electron chi connectivity index (χ3n) is 4.62. The van der Waals surface area contributed by atoms with Gasteiger partial charge in [0.05, 0.1) is 18.8 Å². The largest absolute Gasteiger partial charge is 0.477 e. The molecule has 0 amide bonds. The van der Waals surface area contributed by atoms with Gasteiger partial charge >= 0.3 is 5.97 Å². The van der Waals surface area contributed by atoms with Crippen LogP contribution in [0.5, 0.6) is 0 Å². The number of carboxylic acid groups (broad SMARTS) is 1. The number of carboxylic acids is 1. The molecule has 0 bridgehead atoms. The van der Waals surface area contributed by atoms with Gasteiger partial charge in [-0.05, 0) is 43.4 Å². The first-order valence-electron chi connectivity index (χ1n) is 8.18. The van der Waals surface area contributed by atoms with E-state index in [1.807, 2.05) is 30.3 Å². The standard InChI is InChI=1S/C19H21NO4/c1-13-10-11-20(18(21)17(13)19(22)23)15-8-5-9-16(15)24-12-14-6-3-2-4-7-14/h2-4,6-7,10-11,15-16H,5,8-9,12H2,1H3,(H,22,23)/t15-,16-/m1/s1. The lowest BCUT2D eigenvalue weighted by molar-refractivity contribution is 0.0185. The lowest BCUT2D eigenvalue weighted by Crippen LogP contribution is -2.34. The normalized spacial score (nSPS) is 20.2. The Labute approximate surface area is 140 Å². The highest BCUT2D eigenvalue weighted by Gasteiger charge is 2.31. The van der Waals surface area contributed by atoms with Crippen LogP contribution in [0.1, 0.15) is 46.8 Å². The van der Waals surface area contributed by atoms with Gasteiger partial charge in [-0.25, -0.2) is 4.79 Å². The number of aromatic nitrogens is 1. The molecule has 0 spiro atoms. The Morgan fingerprint density at radius 2 is 2.00 bits per heavy atom. The van der Waals surface area contributed by atoms with E-state index >= 15 is 0 Å². The summed E-state index contributed by atoms with van der Waals surface area (Å²) in [6.45, 7) is 2.14. The molecule has 1 fully saturated rings. The summed E-state index contributed by atoms with van der Waals surface area (Å²) in [5.74, 6) is -1.17. The Morgan fingerprint density at radius 1 is 1.25 bits per heavy atom. The SMILES string of the molecule is Cc1ccn([C@@H]2CCC[C@H]2OCc2ccccc2)c(=O)c1C(=O)O. The Morgan fingerprint density at radius 3 is 2.71 bits per heavy atom. The molecule has 2 atom stereocenters. The summed E-state index contributed by atoms with van der Waals surface area (Å²) in [7, 11) is 0. The molecule has 1 saturated carbocycles. The van der Waals surface area contributed by atoms with E-state index in [0.29, 0.717) is 12.2 Å². The first-order valence-corrected chi connectivity index (χ1v) is 8.18. The van der Waals surface area contributed by atoms with Crippen LogP contribution in [-0.4, -0.2) is 21.7 Å². The molecular formula is C19H21NO4. The van der Waals surface area contributed by atoms with Gasteiger partial charge in [-0.1, -0.05) is 30.3 Å². The van der Waals surface area contributed by atoms with Gasteiger partial charge in [-0.2, -0.15) is 0 Å². The number of hydrogen-bond donors (Lipinski definition) is 1. The highest BCUT2D eigenvalue weighted by atomic mass is 16.5. The van der Waals surface area contributed by atoms with Crippen molar-refractivity contribution < 1.29 is 14.6 Å². The van der Waals surface area contributed by atoms with Gasteiger partial charge in [0.25, 0.3) is 5.56 Å². The van der Waals surface area contributed by atoms with Crippen molar-refractivity contribution in [3.63, 3.8) is 0 Å². The molecule has 2 aromatic rings. The average Bonchev–Trinajstić information content (AvgIpc) is 3.02. The molecule has 0 unspecified atom stereocenters. The number of carbonyl (C=O) groups is 1. The predicted molar refractivity (Wildman–Crippen MR) is 90.3 cm³/mol.